The maximum absolute atomic E-state index is 12.4. The summed E-state index contributed by atoms with van der Waals surface area (Å²) in [4.78, 5) is 34.6. The molecule has 0 unspecified atom stereocenters. The van der Waals surface area contributed by atoms with Crippen LogP contribution >= 0.6 is 24.8 Å². The van der Waals surface area contributed by atoms with Gasteiger partial charge in [0.15, 0.2) is 0 Å². The van der Waals surface area contributed by atoms with Gasteiger partial charge in [-0.05, 0) is 48.2 Å². The summed E-state index contributed by atoms with van der Waals surface area (Å²) in [5, 5.41) is 0. The zero-order valence-electron chi connectivity index (χ0n) is 14.9. The highest BCUT2D eigenvalue weighted by molar-refractivity contribution is 6.52. The summed E-state index contributed by atoms with van der Waals surface area (Å²) in [5.41, 5.74) is 4.09. The summed E-state index contributed by atoms with van der Waals surface area (Å²) in [7, 11) is 0. The van der Waals surface area contributed by atoms with E-state index < -0.39 is 11.7 Å². The number of aromatic nitrogens is 2. The van der Waals surface area contributed by atoms with Crippen molar-refractivity contribution in [1.82, 2.24) is 9.97 Å². The largest absolute Gasteiger partial charge is 0.305 e. The van der Waals surface area contributed by atoms with Gasteiger partial charge < -0.3 is 4.90 Å². The number of carbonyl (C=O) groups excluding carboxylic acids is 2. The Kier molecular flexibility index (Phi) is 7.26. The molecule has 0 bridgehead atoms. The molecule has 0 saturated carbocycles. The third-order valence-corrected chi connectivity index (χ3v) is 4.54. The van der Waals surface area contributed by atoms with E-state index in [0.29, 0.717) is 17.8 Å². The zero-order chi connectivity index (χ0) is 17.9. The fourth-order valence-corrected chi connectivity index (χ4v) is 3.22. The predicted octanol–water partition coefficient (Wildman–Crippen LogP) is 4.15. The van der Waals surface area contributed by atoms with E-state index in [9.17, 15) is 9.59 Å². The van der Waals surface area contributed by atoms with Crippen LogP contribution < -0.4 is 4.90 Å². The fourth-order valence-electron chi connectivity index (χ4n) is 3.22. The second-order valence-corrected chi connectivity index (χ2v) is 6.22. The summed E-state index contributed by atoms with van der Waals surface area (Å²) in [6, 6.07) is 13.3. The Bertz CT molecular complexity index is 966. The van der Waals surface area contributed by atoms with Crippen LogP contribution in [0.1, 0.15) is 22.3 Å². The molecule has 1 amide bonds. The van der Waals surface area contributed by atoms with E-state index in [2.05, 4.69) is 9.97 Å². The van der Waals surface area contributed by atoms with Gasteiger partial charge in [0.05, 0.1) is 11.3 Å². The van der Waals surface area contributed by atoms with E-state index in [0.717, 1.165) is 29.5 Å². The smallest absolute Gasteiger partial charge is 0.299 e. The van der Waals surface area contributed by atoms with Crippen molar-refractivity contribution in [2.24, 2.45) is 0 Å². The number of fused-ring (bicyclic) bond motifs is 1. The molecule has 1 aliphatic rings. The average Bonchev–Trinajstić information content (AvgIpc) is 2.94. The van der Waals surface area contributed by atoms with Crippen LogP contribution in [0.25, 0.3) is 11.1 Å². The Morgan fingerprint density at radius 3 is 2.29 bits per heavy atom. The van der Waals surface area contributed by atoms with Crippen LogP contribution in [0.4, 0.5) is 5.69 Å². The number of pyridine rings is 2. The third-order valence-electron chi connectivity index (χ3n) is 4.54. The van der Waals surface area contributed by atoms with E-state index in [1.54, 1.807) is 29.6 Å². The number of ketones is 1. The molecular formula is C21H19Cl2N3O2. The lowest BCUT2D eigenvalue weighted by atomic mass is 10.0. The number of rotatable bonds is 5. The van der Waals surface area contributed by atoms with Crippen molar-refractivity contribution < 1.29 is 9.59 Å². The van der Waals surface area contributed by atoms with Gasteiger partial charge in [-0.25, -0.2) is 0 Å². The molecule has 0 spiro atoms. The number of benzene rings is 1. The molecule has 2 aromatic heterocycles. The Morgan fingerprint density at radius 1 is 0.857 bits per heavy atom. The van der Waals surface area contributed by atoms with E-state index >= 15 is 0 Å². The third kappa shape index (κ3) is 4.21. The number of carbonyl (C=O) groups is 2. The zero-order valence-corrected chi connectivity index (χ0v) is 16.6. The highest BCUT2D eigenvalue weighted by Crippen LogP contribution is 2.33. The van der Waals surface area contributed by atoms with Crippen molar-refractivity contribution in [3.8, 4) is 11.1 Å². The lowest BCUT2D eigenvalue weighted by Gasteiger charge is -2.16. The fraction of sp³-hybridized carbons (Fsp3) is 0.143. The van der Waals surface area contributed by atoms with Gasteiger partial charge in [0.1, 0.15) is 0 Å². The number of nitrogens with zero attached hydrogens (tertiary/aromatic N) is 3. The first-order valence-electron chi connectivity index (χ1n) is 8.53. The number of anilines is 1. The molecule has 1 aromatic carbocycles. The first-order valence-corrected chi connectivity index (χ1v) is 8.53. The quantitative estimate of drug-likeness (QED) is 0.587. The van der Waals surface area contributed by atoms with Crippen LogP contribution in [0, 0.1) is 0 Å². The van der Waals surface area contributed by atoms with Gasteiger partial charge in [0.25, 0.3) is 11.7 Å². The Hall–Kier alpha value is -2.76. The van der Waals surface area contributed by atoms with Gasteiger partial charge in [0.2, 0.25) is 0 Å². The minimum absolute atomic E-state index is 0. The molecule has 3 heterocycles. The molecule has 0 radical (unpaired) electrons. The maximum atomic E-state index is 12.4. The number of amides is 1. The van der Waals surface area contributed by atoms with Crippen molar-refractivity contribution in [3.05, 3.63) is 78.4 Å². The second kappa shape index (κ2) is 9.44. The molecule has 28 heavy (non-hydrogen) atoms. The SMILES string of the molecule is Cl.Cl.O=C1C(=O)N(CCCc2cccnc2)c2ccc(-c3cccnc3)cc21. The molecule has 3 aromatic rings. The van der Waals surface area contributed by atoms with Crippen molar-refractivity contribution in [2.45, 2.75) is 12.8 Å². The summed E-state index contributed by atoms with van der Waals surface area (Å²) in [6.45, 7) is 0.513. The Balaban J connectivity index is 0.00000140. The van der Waals surface area contributed by atoms with Crippen molar-refractivity contribution in [3.63, 3.8) is 0 Å². The molecule has 5 nitrogen and oxygen atoms in total. The van der Waals surface area contributed by atoms with Crippen LogP contribution in [0.2, 0.25) is 0 Å². The van der Waals surface area contributed by atoms with Gasteiger partial charge in [-0.3, -0.25) is 19.6 Å². The number of hydrogen-bond donors (Lipinski definition) is 0. The van der Waals surface area contributed by atoms with Crippen molar-refractivity contribution >= 4 is 42.2 Å². The molecule has 0 saturated heterocycles. The van der Waals surface area contributed by atoms with E-state index in [-0.39, 0.29) is 24.8 Å². The van der Waals surface area contributed by atoms with Crippen LogP contribution in [-0.2, 0) is 11.2 Å². The predicted molar refractivity (Wildman–Crippen MR) is 113 cm³/mol. The lowest BCUT2D eigenvalue weighted by molar-refractivity contribution is -0.114. The first-order chi connectivity index (χ1) is 12.7. The molecular weight excluding hydrogens is 397 g/mol. The molecule has 0 fully saturated rings. The standard InChI is InChI=1S/C21H17N3O2.2ClH/c25-20-18-12-16(17-6-2-10-23-14-17)7-8-19(18)24(21(20)26)11-3-5-15-4-1-9-22-13-15;;/h1-2,4,6-10,12-14H,3,5,11H2;2*1H. The van der Waals surface area contributed by atoms with Crippen LogP contribution in [-0.4, -0.2) is 28.2 Å². The monoisotopic (exact) mass is 415 g/mol. The number of aryl methyl sites for hydroxylation is 1. The number of halogens is 2. The van der Waals surface area contributed by atoms with E-state index in [1.165, 1.54) is 0 Å². The maximum Gasteiger partial charge on any atom is 0.299 e. The van der Waals surface area contributed by atoms with Crippen molar-refractivity contribution in [1.29, 1.82) is 0 Å². The molecule has 4 rings (SSSR count). The molecule has 144 valence electrons. The first kappa shape index (κ1) is 21.5. The minimum Gasteiger partial charge on any atom is -0.305 e. The summed E-state index contributed by atoms with van der Waals surface area (Å²) in [6.07, 6.45) is 8.60. The normalized spacial score (nSPS) is 12.2. The lowest BCUT2D eigenvalue weighted by Crippen LogP contribution is -2.30. The molecule has 0 N–H and O–H groups in total. The average molecular weight is 416 g/mol. The van der Waals surface area contributed by atoms with Gasteiger partial charge in [-0.15, -0.1) is 24.8 Å². The number of hydrogen-bond acceptors (Lipinski definition) is 4. The van der Waals surface area contributed by atoms with Crippen LogP contribution in [0.3, 0.4) is 0 Å². The molecule has 0 aliphatic carbocycles. The van der Waals surface area contributed by atoms with Crippen LogP contribution in [0.15, 0.2) is 67.3 Å². The topological polar surface area (TPSA) is 63.2 Å². The van der Waals surface area contributed by atoms with Crippen LogP contribution in [0.5, 0.6) is 0 Å². The molecule has 1 aliphatic heterocycles. The summed E-state index contributed by atoms with van der Waals surface area (Å²) < 4.78 is 0. The summed E-state index contributed by atoms with van der Waals surface area (Å²) >= 11 is 0. The molecule has 7 heteroatoms. The van der Waals surface area contributed by atoms with Gasteiger partial charge in [0, 0.05) is 36.9 Å². The van der Waals surface area contributed by atoms with E-state index in [4.69, 9.17) is 0 Å². The Morgan fingerprint density at radius 2 is 1.61 bits per heavy atom. The highest BCUT2D eigenvalue weighted by atomic mass is 35.5. The highest BCUT2D eigenvalue weighted by Gasteiger charge is 2.35. The second-order valence-electron chi connectivity index (χ2n) is 6.22. The summed E-state index contributed by atoms with van der Waals surface area (Å²) in [5.74, 6) is -0.887. The Labute approximate surface area is 175 Å². The molecule has 0 atom stereocenters. The number of Topliss-reactive ketones (excluding diaryl/α,β-unsaturated/α-hetero) is 1. The van der Waals surface area contributed by atoms with Gasteiger partial charge >= 0.3 is 0 Å². The minimum atomic E-state index is -0.450. The van der Waals surface area contributed by atoms with E-state index in [1.807, 2.05) is 42.6 Å². The van der Waals surface area contributed by atoms with Crippen molar-refractivity contribution in [2.75, 3.05) is 11.4 Å². The van der Waals surface area contributed by atoms with Gasteiger partial charge in [-0.1, -0.05) is 18.2 Å². The van der Waals surface area contributed by atoms with Gasteiger partial charge in [-0.2, -0.15) is 0 Å².